The highest BCUT2D eigenvalue weighted by molar-refractivity contribution is 6.24. The van der Waals surface area contributed by atoms with Crippen molar-refractivity contribution in [1.82, 2.24) is 0 Å². The number of amides is 1. The zero-order valence-electron chi connectivity index (χ0n) is 10.4. The third-order valence-corrected chi connectivity index (χ3v) is 2.87. The van der Waals surface area contributed by atoms with E-state index in [-0.39, 0.29) is 11.8 Å². The Kier molecular flexibility index (Phi) is 3.78. The highest BCUT2D eigenvalue weighted by Gasteiger charge is 2.43. The third kappa shape index (κ3) is 3.62. The summed E-state index contributed by atoms with van der Waals surface area (Å²) in [6.45, 7) is 4.50. The van der Waals surface area contributed by atoms with Crippen molar-refractivity contribution in [2.24, 2.45) is 5.92 Å². The average molecular weight is 270 g/mol. The molecule has 98 valence electrons. The molecule has 1 saturated heterocycles. The maximum absolute atomic E-state index is 11.6. The Morgan fingerprint density at radius 3 is 2.94 bits per heavy atom. The molecule has 1 atom stereocenters. The molecule has 2 rings (SSSR count). The Balaban J connectivity index is 1.94. The molecule has 5 heteroatoms. The number of benzene rings is 1. The summed E-state index contributed by atoms with van der Waals surface area (Å²) >= 11 is 5.94. The van der Waals surface area contributed by atoms with Gasteiger partial charge in [0.15, 0.2) is 5.06 Å². The van der Waals surface area contributed by atoms with Gasteiger partial charge in [0, 0.05) is 17.7 Å². The molecule has 1 amide bonds. The van der Waals surface area contributed by atoms with Crippen LogP contribution < -0.4 is 10.1 Å². The van der Waals surface area contributed by atoms with Crippen LogP contribution in [0.4, 0.5) is 5.69 Å². The van der Waals surface area contributed by atoms with Gasteiger partial charge in [0.1, 0.15) is 12.4 Å². The van der Waals surface area contributed by atoms with Crippen LogP contribution in [0, 0.1) is 5.92 Å². The Morgan fingerprint density at radius 2 is 2.33 bits per heavy atom. The lowest BCUT2D eigenvalue weighted by atomic mass is 10.2. The molecular formula is C13H16ClNO3. The van der Waals surface area contributed by atoms with E-state index in [4.69, 9.17) is 21.1 Å². The molecule has 0 bridgehead atoms. The van der Waals surface area contributed by atoms with Crippen LogP contribution >= 0.6 is 11.6 Å². The average Bonchev–Trinajstić information content (AvgIpc) is 3.06. The molecule has 1 unspecified atom stereocenters. The number of hydrogen-bond donors (Lipinski definition) is 1. The number of rotatable bonds is 5. The van der Waals surface area contributed by atoms with Crippen LogP contribution in [0.3, 0.4) is 0 Å². The molecule has 1 aromatic carbocycles. The molecule has 1 N–H and O–H groups in total. The van der Waals surface area contributed by atoms with E-state index in [1.807, 2.05) is 32.0 Å². The monoisotopic (exact) mass is 269 g/mol. The molecule has 1 aliphatic heterocycles. The molecule has 0 aliphatic carbocycles. The largest absolute Gasteiger partial charge is 0.489 e. The summed E-state index contributed by atoms with van der Waals surface area (Å²) in [4.78, 5) is 11.6. The predicted molar refractivity (Wildman–Crippen MR) is 69.9 cm³/mol. The second kappa shape index (κ2) is 5.16. The Labute approximate surface area is 111 Å². The highest BCUT2D eigenvalue weighted by atomic mass is 35.5. The van der Waals surface area contributed by atoms with E-state index in [9.17, 15) is 4.79 Å². The molecular weight excluding hydrogens is 254 g/mol. The fraction of sp³-hybridized carbons (Fsp3) is 0.462. The van der Waals surface area contributed by atoms with Gasteiger partial charge in [0.2, 0.25) is 5.91 Å². The Hall–Kier alpha value is -1.26. The Bertz CT molecular complexity index is 444. The normalized spacial score (nSPS) is 21.8. The van der Waals surface area contributed by atoms with Crippen LogP contribution in [0.1, 0.15) is 13.8 Å². The summed E-state index contributed by atoms with van der Waals surface area (Å²) in [6, 6.07) is 7.22. The first-order valence-corrected chi connectivity index (χ1v) is 6.23. The zero-order chi connectivity index (χ0) is 13.2. The maximum atomic E-state index is 11.6. The van der Waals surface area contributed by atoms with E-state index >= 15 is 0 Å². The first-order valence-electron chi connectivity index (χ1n) is 5.85. The minimum absolute atomic E-state index is 0.0218. The van der Waals surface area contributed by atoms with Gasteiger partial charge >= 0.3 is 0 Å². The van der Waals surface area contributed by atoms with Gasteiger partial charge in [-0.2, -0.15) is 0 Å². The van der Waals surface area contributed by atoms with Gasteiger partial charge in [-0.15, -0.1) is 0 Å². The van der Waals surface area contributed by atoms with E-state index in [1.165, 1.54) is 0 Å². The van der Waals surface area contributed by atoms with Gasteiger partial charge in [-0.1, -0.05) is 31.5 Å². The number of ether oxygens (including phenoxy) is 2. The smallest absolute Gasteiger partial charge is 0.226 e. The Morgan fingerprint density at radius 1 is 1.61 bits per heavy atom. The topological polar surface area (TPSA) is 50.9 Å². The number of carbonyl (C=O) groups is 1. The number of halogens is 1. The molecule has 1 aliphatic rings. The van der Waals surface area contributed by atoms with Crippen LogP contribution in [-0.4, -0.2) is 24.2 Å². The van der Waals surface area contributed by atoms with Crippen LogP contribution in [0.25, 0.3) is 0 Å². The molecule has 1 heterocycles. The van der Waals surface area contributed by atoms with Gasteiger partial charge in [-0.3, -0.25) is 4.79 Å². The van der Waals surface area contributed by atoms with Crippen LogP contribution in [0.15, 0.2) is 24.3 Å². The summed E-state index contributed by atoms with van der Waals surface area (Å²) in [5.41, 5.74) is 0.714. The van der Waals surface area contributed by atoms with Crippen LogP contribution in [-0.2, 0) is 9.53 Å². The molecule has 1 aromatic rings. The van der Waals surface area contributed by atoms with Crippen molar-refractivity contribution in [3.63, 3.8) is 0 Å². The molecule has 1 fully saturated rings. The second-order valence-electron chi connectivity index (χ2n) is 4.63. The van der Waals surface area contributed by atoms with Gasteiger partial charge in [-0.05, 0) is 12.1 Å². The first-order chi connectivity index (χ1) is 8.48. The maximum Gasteiger partial charge on any atom is 0.226 e. The van der Waals surface area contributed by atoms with E-state index in [0.717, 1.165) is 0 Å². The van der Waals surface area contributed by atoms with Crippen molar-refractivity contribution in [3.05, 3.63) is 24.3 Å². The van der Waals surface area contributed by atoms with E-state index < -0.39 is 5.06 Å². The number of anilines is 1. The van der Waals surface area contributed by atoms with Gasteiger partial charge in [0.05, 0.1) is 6.61 Å². The minimum Gasteiger partial charge on any atom is -0.489 e. The van der Waals surface area contributed by atoms with Crippen molar-refractivity contribution >= 4 is 23.2 Å². The van der Waals surface area contributed by atoms with Crippen LogP contribution in [0.5, 0.6) is 5.75 Å². The van der Waals surface area contributed by atoms with Gasteiger partial charge < -0.3 is 14.8 Å². The lowest BCUT2D eigenvalue weighted by molar-refractivity contribution is -0.118. The lowest BCUT2D eigenvalue weighted by Gasteiger charge is -2.11. The molecule has 0 aromatic heterocycles. The molecule has 0 saturated carbocycles. The van der Waals surface area contributed by atoms with Gasteiger partial charge in [-0.25, -0.2) is 0 Å². The van der Waals surface area contributed by atoms with Crippen LogP contribution in [0.2, 0.25) is 0 Å². The molecule has 18 heavy (non-hydrogen) atoms. The quantitative estimate of drug-likeness (QED) is 0.660. The van der Waals surface area contributed by atoms with Crippen molar-refractivity contribution in [2.75, 3.05) is 18.5 Å². The SMILES string of the molecule is CC(C)C(=O)Nc1cccc(OCC2(Cl)CO2)c1. The summed E-state index contributed by atoms with van der Waals surface area (Å²) in [5, 5.41) is 2.16. The fourth-order valence-corrected chi connectivity index (χ4v) is 1.41. The van der Waals surface area contributed by atoms with Crippen molar-refractivity contribution in [1.29, 1.82) is 0 Å². The van der Waals surface area contributed by atoms with Gasteiger partial charge in [0.25, 0.3) is 0 Å². The molecule has 0 spiro atoms. The van der Waals surface area contributed by atoms with Crippen molar-refractivity contribution in [3.8, 4) is 5.75 Å². The molecule has 0 radical (unpaired) electrons. The number of hydrogen-bond acceptors (Lipinski definition) is 3. The van der Waals surface area contributed by atoms with Crippen molar-refractivity contribution in [2.45, 2.75) is 18.9 Å². The minimum atomic E-state index is -0.656. The summed E-state index contributed by atoms with van der Waals surface area (Å²) < 4.78 is 10.5. The zero-order valence-corrected chi connectivity index (χ0v) is 11.2. The first kappa shape index (κ1) is 13.2. The standard InChI is InChI=1S/C13H16ClNO3/c1-9(2)12(16)15-10-4-3-5-11(6-10)17-7-13(14)8-18-13/h3-6,9H,7-8H2,1-2H3,(H,15,16). The van der Waals surface area contributed by atoms with E-state index in [0.29, 0.717) is 24.7 Å². The number of carbonyl (C=O) groups excluding carboxylic acids is 1. The summed E-state index contributed by atoms with van der Waals surface area (Å²) in [6.07, 6.45) is 0. The number of nitrogens with one attached hydrogen (secondary N) is 1. The van der Waals surface area contributed by atoms with E-state index in [2.05, 4.69) is 5.32 Å². The highest BCUT2D eigenvalue weighted by Crippen LogP contribution is 2.32. The lowest BCUT2D eigenvalue weighted by Crippen LogP contribution is -2.18. The fourth-order valence-electron chi connectivity index (χ4n) is 1.30. The number of epoxide rings is 1. The predicted octanol–water partition coefficient (Wildman–Crippen LogP) is 2.63. The summed E-state index contributed by atoms with van der Waals surface area (Å²) in [7, 11) is 0. The van der Waals surface area contributed by atoms with E-state index in [1.54, 1.807) is 6.07 Å². The summed E-state index contributed by atoms with van der Waals surface area (Å²) in [5.74, 6) is 0.583. The second-order valence-corrected chi connectivity index (χ2v) is 5.32. The molecule has 4 nitrogen and oxygen atoms in total. The third-order valence-electron chi connectivity index (χ3n) is 2.54. The van der Waals surface area contributed by atoms with Crippen molar-refractivity contribution < 1.29 is 14.3 Å². The number of alkyl halides is 1.